The zero-order valence-electron chi connectivity index (χ0n) is 11.0. The molecule has 2 fully saturated rings. The van der Waals surface area contributed by atoms with Gasteiger partial charge in [-0.15, -0.1) is 0 Å². The minimum atomic E-state index is 0.864. The smallest absolute Gasteiger partial charge is 0.00979 e. The topological polar surface area (TPSA) is 12.0 Å². The Kier molecular flexibility index (Phi) is 5.15. The number of rotatable bonds is 4. The Balaban J connectivity index is 1.85. The first-order chi connectivity index (χ1) is 7.92. The Hall–Kier alpha value is -0.0400. The van der Waals surface area contributed by atoms with Crippen molar-refractivity contribution in [1.82, 2.24) is 5.32 Å². The Bertz CT molecular complexity index is 182. The van der Waals surface area contributed by atoms with E-state index in [9.17, 15) is 0 Å². The number of nitrogens with one attached hydrogen (secondary N) is 1. The molecule has 0 aliphatic heterocycles. The van der Waals surface area contributed by atoms with Crippen molar-refractivity contribution in [3.8, 4) is 0 Å². The van der Waals surface area contributed by atoms with Crippen molar-refractivity contribution in [2.75, 3.05) is 6.54 Å². The molecule has 0 heterocycles. The lowest BCUT2D eigenvalue weighted by molar-refractivity contribution is 0.253. The van der Waals surface area contributed by atoms with Gasteiger partial charge < -0.3 is 5.32 Å². The monoisotopic (exact) mass is 223 g/mol. The van der Waals surface area contributed by atoms with E-state index in [-0.39, 0.29) is 0 Å². The summed E-state index contributed by atoms with van der Waals surface area (Å²) in [5.74, 6) is 2.07. The van der Waals surface area contributed by atoms with E-state index in [1.54, 1.807) is 0 Å². The molecule has 2 unspecified atom stereocenters. The van der Waals surface area contributed by atoms with Crippen molar-refractivity contribution < 1.29 is 0 Å². The summed E-state index contributed by atoms with van der Waals surface area (Å²) >= 11 is 0. The highest BCUT2D eigenvalue weighted by atomic mass is 14.9. The van der Waals surface area contributed by atoms with E-state index in [0.29, 0.717) is 0 Å². The van der Waals surface area contributed by atoms with Gasteiger partial charge in [-0.25, -0.2) is 0 Å². The zero-order valence-corrected chi connectivity index (χ0v) is 11.0. The highest BCUT2D eigenvalue weighted by Gasteiger charge is 2.32. The molecule has 0 radical (unpaired) electrons. The fourth-order valence-corrected chi connectivity index (χ4v) is 3.88. The maximum absolute atomic E-state index is 3.80. The van der Waals surface area contributed by atoms with Gasteiger partial charge in [-0.05, 0) is 37.6 Å². The van der Waals surface area contributed by atoms with Gasteiger partial charge in [-0.2, -0.15) is 0 Å². The second-order valence-corrected chi connectivity index (χ2v) is 5.91. The molecule has 0 saturated heterocycles. The molecule has 2 saturated carbocycles. The van der Waals surface area contributed by atoms with Crippen LogP contribution in [0.3, 0.4) is 0 Å². The molecule has 16 heavy (non-hydrogen) atoms. The Morgan fingerprint density at radius 2 is 1.62 bits per heavy atom. The lowest BCUT2D eigenvalue weighted by Crippen LogP contribution is -2.36. The van der Waals surface area contributed by atoms with Crippen molar-refractivity contribution >= 4 is 0 Å². The highest BCUT2D eigenvalue weighted by Crippen LogP contribution is 2.38. The van der Waals surface area contributed by atoms with Crippen LogP contribution >= 0.6 is 0 Å². The molecule has 2 atom stereocenters. The van der Waals surface area contributed by atoms with Crippen molar-refractivity contribution in [3.63, 3.8) is 0 Å². The maximum Gasteiger partial charge on any atom is 0.00979 e. The third-order valence-electron chi connectivity index (χ3n) is 4.73. The molecule has 2 aliphatic rings. The quantitative estimate of drug-likeness (QED) is 0.707. The van der Waals surface area contributed by atoms with Crippen LogP contribution in [0.5, 0.6) is 0 Å². The molecule has 1 N–H and O–H groups in total. The first-order valence-corrected chi connectivity index (χ1v) is 7.65. The van der Waals surface area contributed by atoms with Gasteiger partial charge in [0.05, 0.1) is 0 Å². The van der Waals surface area contributed by atoms with E-state index in [4.69, 9.17) is 0 Å². The standard InChI is InChI=1S/C15H29N/c1-2-12-16-15-11-7-10-14(15)13-8-5-3-4-6-9-13/h13-16H,2-12H2,1H3. The van der Waals surface area contributed by atoms with Gasteiger partial charge in [0.1, 0.15) is 0 Å². The molecule has 94 valence electrons. The molecule has 2 aliphatic carbocycles. The molecule has 2 rings (SSSR count). The lowest BCUT2D eigenvalue weighted by Gasteiger charge is -2.28. The normalized spacial score (nSPS) is 32.8. The fourth-order valence-electron chi connectivity index (χ4n) is 3.88. The molecule has 0 amide bonds. The summed E-state index contributed by atoms with van der Waals surface area (Å²) in [5.41, 5.74) is 0. The van der Waals surface area contributed by atoms with Crippen LogP contribution in [0, 0.1) is 11.8 Å². The molecule has 0 aromatic rings. The first-order valence-electron chi connectivity index (χ1n) is 7.65. The van der Waals surface area contributed by atoms with E-state index in [1.165, 1.54) is 70.8 Å². The summed E-state index contributed by atoms with van der Waals surface area (Å²) in [4.78, 5) is 0. The first kappa shape index (κ1) is 12.4. The molecule has 0 spiro atoms. The van der Waals surface area contributed by atoms with Gasteiger partial charge in [-0.1, -0.05) is 51.9 Å². The van der Waals surface area contributed by atoms with Crippen LogP contribution in [0.25, 0.3) is 0 Å². The van der Waals surface area contributed by atoms with Crippen LogP contribution in [0.4, 0.5) is 0 Å². The van der Waals surface area contributed by atoms with E-state index in [1.807, 2.05) is 0 Å². The summed E-state index contributed by atoms with van der Waals surface area (Å²) in [6.07, 6.45) is 14.8. The molecule has 1 nitrogen and oxygen atoms in total. The van der Waals surface area contributed by atoms with Gasteiger partial charge in [0.25, 0.3) is 0 Å². The van der Waals surface area contributed by atoms with Crippen LogP contribution in [0.15, 0.2) is 0 Å². The van der Waals surface area contributed by atoms with Crippen molar-refractivity contribution in [1.29, 1.82) is 0 Å². The van der Waals surface area contributed by atoms with Crippen LogP contribution < -0.4 is 5.32 Å². The second-order valence-electron chi connectivity index (χ2n) is 5.91. The fraction of sp³-hybridized carbons (Fsp3) is 1.00. The summed E-state index contributed by atoms with van der Waals surface area (Å²) in [6.45, 7) is 3.51. The summed E-state index contributed by atoms with van der Waals surface area (Å²) in [7, 11) is 0. The Morgan fingerprint density at radius 1 is 0.875 bits per heavy atom. The third-order valence-corrected chi connectivity index (χ3v) is 4.73. The van der Waals surface area contributed by atoms with E-state index in [2.05, 4.69) is 12.2 Å². The lowest BCUT2D eigenvalue weighted by atomic mass is 9.82. The van der Waals surface area contributed by atoms with Gasteiger partial charge >= 0.3 is 0 Å². The SMILES string of the molecule is CCCNC1CCCC1C1CCCCCC1. The number of hydrogen-bond acceptors (Lipinski definition) is 1. The van der Waals surface area contributed by atoms with Crippen LogP contribution in [0.1, 0.15) is 71.1 Å². The van der Waals surface area contributed by atoms with E-state index in [0.717, 1.165) is 17.9 Å². The molecular weight excluding hydrogens is 194 g/mol. The molecule has 0 aromatic heterocycles. The van der Waals surface area contributed by atoms with E-state index >= 15 is 0 Å². The van der Waals surface area contributed by atoms with Gasteiger partial charge in [0.2, 0.25) is 0 Å². The van der Waals surface area contributed by atoms with Crippen LogP contribution in [-0.2, 0) is 0 Å². The minimum Gasteiger partial charge on any atom is -0.314 e. The third kappa shape index (κ3) is 3.23. The molecule has 1 heteroatoms. The van der Waals surface area contributed by atoms with Crippen molar-refractivity contribution in [2.45, 2.75) is 77.2 Å². The predicted octanol–water partition coefficient (Wildman–Crippen LogP) is 4.13. The zero-order chi connectivity index (χ0) is 11.2. The average molecular weight is 223 g/mol. The van der Waals surface area contributed by atoms with Crippen LogP contribution in [-0.4, -0.2) is 12.6 Å². The molecular formula is C15H29N. The summed E-state index contributed by atoms with van der Waals surface area (Å²) < 4.78 is 0. The molecule has 0 aromatic carbocycles. The van der Waals surface area contributed by atoms with Crippen LogP contribution in [0.2, 0.25) is 0 Å². The van der Waals surface area contributed by atoms with E-state index < -0.39 is 0 Å². The van der Waals surface area contributed by atoms with Gasteiger partial charge in [0.15, 0.2) is 0 Å². The van der Waals surface area contributed by atoms with Crippen molar-refractivity contribution in [2.24, 2.45) is 11.8 Å². The molecule has 0 bridgehead atoms. The predicted molar refractivity (Wildman–Crippen MR) is 70.6 cm³/mol. The maximum atomic E-state index is 3.80. The summed E-state index contributed by atoms with van der Waals surface area (Å²) in [6, 6.07) is 0.864. The second kappa shape index (κ2) is 6.64. The summed E-state index contributed by atoms with van der Waals surface area (Å²) in [5, 5.41) is 3.80. The van der Waals surface area contributed by atoms with Gasteiger partial charge in [-0.3, -0.25) is 0 Å². The Labute approximate surface area is 101 Å². The average Bonchev–Trinajstić information content (AvgIpc) is 2.60. The van der Waals surface area contributed by atoms with Crippen molar-refractivity contribution in [3.05, 3.63) is 0 Å². The van der Waals surface area contributed by atoms with Gasteiger partial charge in [0, 0.05) is 6.04 Å². The Morgan fingerprint density at radius 3 is 2.31 bits per heavy atom. The largest absolute Gasteiger partial charge is 0.314 e. The minimum absolute atomic E-state index is 0.864. The number of hydrogen-bond donors (Lipinski definition) is 1. The highest BCUT2D eigenvalue weighted by molar-refractivity contribution is 4.88.